The van der Waals surface area contributed by atoms with E-state index in [0.717, 1.165) is 19.4 Å². The van der Waals surface area contributed by atoms with E-state index in [-0.39, 0.29) is 5.91 Å². The van der Waals surface area contributed by atoms with E-state index in [1.54, 1.807) is 0 Å². The van der Waals surface area contributed by atoms with Crippen LogP contribution < -0.4 is 11.3 Å². The van der Waals surface area contributed by atoms with Gasteiger partial charge in [0.05, 0.1) is 12.4 Å². The molecule has 0 aliphatic carbocycles. The number of likely N-dealkylation sites (tertiary alicyclic amines) is 1. The second kappa shape index (κ2) is 5.30. The highest BCUT2D eigenvalue weighted by Crippen LogP contribution is 2.25. The van der Waals surface area contributed by atoms with Crippen molar-refractivity contribution in [2.75, 3.05) is 12.0 Å². The molecule has 1 aliphatic rings. The fraction of sp³-hybridized carbons (Fsp3) is 0.583. The normalized spacial score (nSPS) is 19.3. The SMILES string of the molecule is CC(C)C1CCCN1C(=O)c1cnc(NN)cn1. The molecule has 18 heavy (non-hydrogen) atoms. The van der Waals surface area contributed by atoms with Crippen molar-refractivity contribution in [1.29, 1.82) is 0 Å². The molecule has 1 aromatic heterocycles. The highest BCUT2D eigenvalue weighted by atomic mass is 16.2. The molecule has 98 valence electrons. The lowest BCUT2D eigenvalue weighted by Gasteiger charge is -2.27. The number of amides is 1. The Morgan fingerprint density at radius 2 is 2.28 bits per heavy atom. The summed E-state index contributed by atoms with van der Waals surface area (Å²) in [6.07, 6.45) is 5.06. The number of rotatable bonds is 3. The van der Waals surface area contributed by atoms with Crippen LogP contribution in [-0.4, -0.2) is 33.4 Å². The highest BCUT2D eigenvalue weighted by molar-refractivity contribution is 5.92. The fourth-order valence-corrected chi connectivity index (χ4v) is 2.40. The molecule has 0 radical (unpaired) electrons. The zero-order valence-electron chi connectivity index (χ0n) is 10.8. The van der Waals surface area contributed by atoms with Crippen LogP contribution in [0, 0.1) is 5.92 Å². The summed E-state index contributed by atoms with van der Waals surface area (Å²) in [6.45, 7) is 5.09. The minimum absolute atomic E-state index is 0.0396. The number of nitrogens with zero attached hydrogens (tertiary/aromatic N) is 3. The molecular formula is C12H19N5O. The lowest BCUT2D eigenvalue weighted by atomic mass is 10.0. The summed E-state index contributed by atoms with van der Waals surface area (Å²) >= 11 is 0. The van der Waals surface area contributed by atoms with Crippen LogP contribution in [0.25, 0.3) is 0 Å². The van der Waals surface area contributed by atoms with Gasteiger partial charge in [-0.15, -0.1) is 0 Å². The van der Waals surface area contributed by atoms with E-state index in [0.29, 0.717) is 23.5 Å². The second-order valence-corrected chi connectivity index (χ2v) is 4.88. The molecular weight excluding hydrogens is 230 g/mol. The number of nitrogen functional groups attached to an aromatic ring is 1. The molecule has 6 heteroatoms. The molecule has 1 unspecified atom stereocenters. The van der Waals surface area contributed by atoms with Gasteiger partial charge in [0.25, 0.3) is 5.91 Å². The number of hydrogen-bond donors (Lipinski definition) is 2. The number of anilines is 1. The van der Waals surface area contributed by atoms with Crippen molar-refractivity contribution in [3.8, 4) is 0 Å². The maximum absolute atomic E-state index is 12.3. The van der Waals surface area contributed by atoms with E-state index in [1.807, 2.05) is 4.90 Å². The van der Waals surface area contributed by atoms with Gasteiger partial charge in [0.15, 0.2) is 5.82 Å². The maximum Gasteiger partial charge on any atom is 0.274 e. The molecule has 0 spiro atoms. The van der Waals surface area contributed by atoms with Crippen molar-refractivity contribution in [3.63, 3.8) is 0 Å². The number of hydrazine groups is 1. The molecule has 2 heterocycles. The Hall–Kier alpha value is -1.69. The number of aromatic nitrogens is 2. The van der Waals surface area contributed by atoms with Gasteiger partial charge in [0.2, 0.25) is 0 Å². The van der Waals surface area contributed by atoms with Crippen LogP contribution in [0.4, 0.5) is 5.82 Å². The summed E-state index contributed by atoms with van der Waals surface area (Å²) in [7, 11) is 0. The quantitative estimate of drug-likeness (QED) is 0.617. The predicted octanol–water partition coefficient (Wildman–Crippen LogP) is 1.02. The van der Waals surface area contributed by atoms with Gasteiger partial charge in [-0.25, -0.2) is 15.8 Å². The average Bonchev–Trinajstić information content (AvgIpc) is 2.87. The van der Waals surface area contributed by atoms with Gasteiger partial charge >= 0.3 is 0 Å². The van der Waals surface area contributed by atoms with Gasteiger partial charge in [-0.2, -0.15) is 0 Å². The first kappa shape index (κ1) is 12.8. The van der Waals surface area contributed by atoms with E-state index in [9.17, 15) is 4.79 Å². The van der Waals surface area contributed by atoms with E-state index in [2.05, 4.69) is 29.2 Å². The topological polar surface area (TPSA) is 84.1 Å². The standard InChI is InChI=1S/C12H19N5O/c1-8(2)10-4-3-5-17(10)12(18)9-6-15-11(16-13)7-14-9/h6-8,10H,3-5,13H2,1-2H3,(H,15,16). The number of nitrogens with two attached hydrogens (primary N) is 1. The van der Waals surface area contributed by atoms with Crippen LogP contribution in [0.1, 0.15) is 37.2 Å². The van der Waals surface area contributed by atoms with E-state index >= 15 is 0 Å². The lowest BCUT2D eigenvalue weighted by Crippen LogP contribution is -2.39. The third-order valence-electron chi connectivity index (χ3n) is 3.35. The summed E-state index contributed by atoms with van der Waals surface area (Å²) in [5.41, 5.74) is 2.77. The molecule has 0 saturated carbocycles. The lowest BCUT2D eigenvalue weighted by molar-refractivity contribution is 0.0695. The molecule has 2 rings (SSSR count). The van der Waals surface area contributed by atoms with Gasteiger partial charge in [0.1, 0.15) is 5.69 Å². The van der Waals surface area contributed by atoms with E-state index in [1.165, 1.54) is 12.4 Å². The van der Waals surface area contributed by atoms with Crippen LogP contribution in [-0.2, 0) is 0 Å². The van der Waals surface area contributed by atoms with Crippen molar-refractivity contribution in [2.24, 2.45) is 11.8 Å². The van der Waals surface area contributed by atoms with E-state index < -0.39 is 0 Å². The number of carbonyl (C=O) groups excluding carboxylic acids is 1. The van der Waals surface area contributed by atoms with Crippen LogP contribution >= 0.6 is 0 Å². The Balaban J connectivity index is 2.14. The molecule has 3 N–H and O–H groups in total. The van der Waals surface area contributed by atoms with Crippen molar-refractivity contribution in [1.82, 2.24) is 14.9 Å². The third kappa shape index (κ3) is 2.43. The molecule has 1 atom stereocenters. The predicted molar refractivity (Wildman–Crippen MR) is 68.7 cm³/mol. The molecule has 1 aromatic rings. The highest BCUT2D eigenvalue weighted by Gasteiger charge is 2.31. The minimum atomic E-state index is -0.0396. The Labute approximate surface area is 107 Å². The minimum Gasteiger partial charge on any atom is -0.334 e. The zero-order valence-corrected chi connectivity index (χ0v) is 10.8. The summed E-state index contributed by atoms with van der Waals surface area (Å²) < 4.78 is 0. The molecule has 0 bridgehead atoms. The molecule has 1 amide bonds. The van der Waals surface area contributed by atoms with Gasteiger partial charge in [-0.05, 0) is 18.8 Å². The second-order valence-electron chi connectivity index (χ2n) is 4.88. The summed E-state index contributed by atoms with van der Waals surface area (Å²) in [5.74, 6) is 6.09. The zero-order chi connectivity index (χ0) is 13.1. The Morgan fingerprint density at radius 3 is 2.83 bits per heavy atom. The summed E-state index contributed by atoms with van der Waals surface area (Å²) in [5, 5.41) is 0. The molecule has 1 saturated heterocycles. The molecule has 1 fully saturated rings. The van der Waals surface area contributed by atoms with Crippen LogP contribution in [0.3, 0.4) is 0 Å². The van der Waals surface area contributed by atoms with Gasteiger partial charge < -0.3 is 10.3 Å². The Morgan fingerprint density at radius 1 is 1.50 bits per heavy atom. The summed E-state index contributed by atoms with van der Waals surface area (Å²) in [4.78, 5) is 22.3. The fourth-order valence-electron chi connectivity index (χ4n) is 2.40. The number of nitrogens with one attached hydrogen (secondary N) is 1. The van der Waals surface area contributed by atoms with Crippen molar-refractivity contribution < 1.29 is 4.79 Å². The Bertz CT molecular complexity index is 417. The van der Waals surface area contributed by atoms with Crippen LogP contribution in [0.5, 0.6) is 0 Å². The maximum atomic E-state index is 12.3. The molecule has 6 nitrogen and oxygen atoms in total. The smallest absolute Gasteiger partial charge is 0.274 e. The van der Waals surface area contributed by atoms with Crippen molar-refractivity contribution in [3.05, 3.63) is 18.1 Å². The third-order valence-corrected chi connectivity index (χ3v) is 3.35. The average molecular weight is 249 g/mol. The number of carbonyl (C=O) groups is 1. The molecule has 1 aliphatic heterocycles. The van der Waals surface area contributed by atoms with Crippen molar-refractivity contribution >= 4 is 11.7 Å². The monoisotopic (exact) mass is 249 g/mol. The first-order valence-electron chi connectivity index (χ1n) is 6.23. The van der Waals surface area contributed by atoms with Crippen LogP contribution in [0.2, 0.25) is 0 Å². The van der Waals surface area contributed by atoms with Gasteiger partial charge in [-0.1, -0.05) is 13.8 Å². The van der Waals surface area contributed by atoms with E-state index in [4.69, 9.17) is 5.84 Å². The summed E-state index contributed by atoms with van der Waals surface area (Å²) in [6, 6.07) is 0.312. The first-order chi connectivity index (χ1) is 8.63. The number of hydrogen-bond acceptors (Lipinski definition) is 5. The van der Waals surface area contributed by atoms with Gasteiger partial charge in [0, 0.05) is 12.6 Å². The van der Waals surface area contributed by atoms with Crippen molar-refractivity contribution in [2.45, 2.75) is 32.7 Å². The first-order valence-corrected chi connectivity index (χ1v) is 6.23. The molecule has 0 aromatic carbocycles. The van der Waals surface area contributed by atoms with Crippen LogP contribution in [0.15, 0.2) is 12.4 Å². The Kier molecular flexibility index (Phi) is 3.76. The largest absolute Gasteiger partial charge is 0.334 e. The van der Waals surface area contributed by atoms with Gasteiger partial charge in [-0.3, -0.25) is 4.79 Å².